The van der Waals surface area contributed by atoms with Crippen molar-refractivity contribution in [1.82, 2.24) is 0 Å². The fourth-order valence-electron chi connectivity index (χ4n) is 2.50. The zero-order chi connectivity index (χ0) is 13.7. The third kappa shape index (κ3) is 8.15. The Labute approximate surface area is 105 Å². The van der Waals surface area contributed by atoms with Crippen LogP contribution in [0.15, 0.2) is 0 Å². The van der Waals surface area contributed by atoms with Gasteiger partial charge >= 0.3 is 0 Å². The van der Waals surface area contributed by atoms with Gasteiger partial charge in [-0.15, -0.1) is 0 Å². The van der Waals surface area contributed by atoms with Crippen molar-refractivity contribution in [2.45, 2.75) is 0 Å². The lowest BCUT2D eigenvalue weighted by molar-refractivity contribution is 0.0377. The minimum atomic E-state index is -2.21. The molecule has 0 spiro atoms. The minimum absolute atomic E-state index is 0.401. The lowest BCUT2D eigenvalue weighted by Gasteiger charge is -2.35. The van der Waals surface area contributed by atoms with Gasteiger partial charge in [-0.1, -0.05) is 0 Å². The van der Waals surface area contributed by atoms with Gasteiger partial charge in [0, 0.05) is 32.0 Å². The highest BCUT2D eigenvalue weighted by Gasteiger charge is 2.38. The predicted octanol–water partition coefficient (Wildman–Crippen LogP) is 2.51. The zero-order valence-corrected chi connectivity index (χ0v) is 13.6. The Kier molecular flexibility index (Phi) is 6.66. The molecule has 0 fully saturated rings. The first-order valence-corrected chi connectivity index (χ1v) is 11.2. The SMILES string of the molecule is COCC(COC)(CP(C)(C)=O)CP(C)(C)=O. The normalized spacial score (nSPS) is 14.0. The van der Waals surface area contributed by atoms with Crippen LogP contribution in [0.2, 0.25) is 0 Å². The largest absolute Gasteiger partial charge is 0.384 e. The first-order chi connectivity index (χ1) is 7.54. The molecule has 0 aliphatic heterocycles. The van der Waals surface area contributed by atoms with E-state index in [-0.39, 0.29) is 0 Å². The molecule has 0 rings (SSSR count). The fourth-order valence-corrected chi connectivity index (χ4v) is 6.50. The van der Waals surface area contributed by atoms with E-state index in [1.807, 2.05) is 0 Å². The molecular formula is C11H26O4P2. The molecule has 0 aliphatic rings. The second kappa shape index (κ2) is 6.52. The summed E-state index contributed by atoms with van der Waals surface area (Å²) in [6, 6.07) is 0. The molecule has 0 radical (unpaired) electrons. The standard InChI is InChI=1S/C11H26O4P2/c1-14-7-11(8-15-2,9-16(3,4)12)10-17(5,6)13/h7-10H2,1-6H3. The number of ether oxygens (including phenoxy) is 2. The summed E-state index contributed by atoms with van der Waals surface area (Å²) in [4.78, 5) is 0. The molecule has 104 valence electrons. The smallest absolute Gasteiger partial charge is 0.0826 e. The van der Waals surface area contributed by atoms with Crippen molar-refractivity contribution < 1.29 is 18.6 Å². The summed E-state index contributed by atoms with van der Waals surface area (Å²) >= 11 is 0. The molecule has 0 amide bonds. The molecule has 6 heteroatoms. The molecule has 0 N–H and O–H groups in total. The number of hydrogen-bond acceptors (Lipinski definition) is 4. The third-order valence-corrected chi connectivity index (χ3v) is 5.20. The van der Waals surface area contributed by atoms with E-state index in [2.05, 4.69) is 0 Å². The second-order valence-corrected chi connectivity index (χ2v) is 12.8. The molecule has 4 nitrogen and oxygen atoms in total. The average Bonchev–Trinajstić information content (AvgIpc) is 1.96. The fraction of sp³-hybridized carbons (Fsp3) is 1.00. The van der Waals surface area contributed by atoms with Crippen LogP contribution in [0, 0.1) is 5.41 Å². The molecule has 0 aromatic rings. The molecular weight excluding hydrogens is 258 g/mol. The van der Waals surface area contributed by atoms with Gasteiger partial charge in [0.1, 0.15) is 0 Å². The lowest BCUT2D eigenvalue weighted by atomic mass is 9.95. The van der Waals surface area contributed by atoms with Gasteiger partial charge in [-0.25, -0.2) is 0 Å². The minimum Gasteiger partial charge on any atom is -0.384 e. The van der Waals surface area contributed by atoms with E-state index < -0.39 is 19.7 Å². The van der Waals surface area contributed by atoms with Gasteiger partial charge in [0.2, 0.25) is 0 Å². The summed E-state index contributed by atoms with van der Waals surface area (Å²) in [6.07, 6.45) is 1.01. The maximum absolute atomic E-state index is 12.1. The van der Waals surface area contributed by atoms with Crippen molar-refractivity contribution in [2.75, 3.05) is 66.4 Å². The maximum Gasteiger partial charge on any atom is 0.0826 e. The van der Waals surface area contributed by atoms with E-state index in [4.69, 9.17) is 9.47 Å². The van der Waals surface area contributed by atoms with Gasteiger partial charge in [0.25, 0.3) is 0 Å². The second-order valence-electron chi connectivity index (χ2n) is 5.83. The Morgan fingerprint density at radius 2 is 1.12 bits per heavy atom. The highest BCUT2D eigenvalue weighted by atomic mass is 31.2. The number of rotatable bonds is 8. The van der Waals surface area contributed by atoms with Crippen LogP contribution in [0.5, 0.6) is 0 Å². The Balaban J connectivity index is 5.11. The van der Waals surface area contributed by atoms with Crippen molar-refractivity contribution in [3.8, 4) is 0 Å². The Hall–Kier alpha value is 0.380. The van der Waals surface area contributed by atoms with Crippen LogP contribution in [-0.2, 0) is 18.6 Å². The van der Waals surface area contributed by atoms with Crippen LogP contribution in [0.3, 0.4) is 0 Å². The summed E-state index contributed by atoms with van der Waals surface area (Å²) in [5.74, 6) is 0. The first-order valence-electron chi connectivity index (χ1n) is 5.59. The Bertz CT molecular complexity index is 283. The maximum atomic E-state index is 12.1. The van der Waals surface area contributed by atoms with E-state index in [9.17, 15) is 9.13 Å². The van der Waals surface area contributed by atoms with E-state index in [0.717, 1.165) is 0 Å². The van der Waals surface area contributed by atoms with E-state index in [1.54, 1.807) is 40.9 Å². The predicted molar refractivity (Wildman–Crippen MR) is 74.8 cm³/mol. The van der Waals surface area contributed by atoms with Crippen LogP contribution in [0.1, 0.15) is 0 Å². The summed E-state index contributed by atoms with van der Waals surface area (Å²) in [5, 5.41) is 0. The summed E-state index contributed by atoms with van der Waals surface area (Å²) in [7, 11) is -1.21. The number of methoxy groups -OCH3 is 2. The Morgan fingerprint density at radius 3 is 1.29 bits per heavy atom. The van der Waals surface area contributed by atoms with Crippen molar-refractivity contribution >= 4 is 14.3 Å². The molecule has 0 atom stereocenters. The molecule has 0 saturated carbocycles. The molecule has 0 heterocycles. The van der Waals surface area contributed by atoms with Gasteiger partial charge < -0.3 is 18.6 Å². The van der Waals surface area contributed by atoms with Crippen LogP contribution < -0.4 is 0 Å². The third-order valence-electron chi connectivity index (χ3n) is 2.33. The van der Waals surface area contributed by atoms with Gasteiger partial charge in [0.05, 0.1) is 27.5 Å². The molecule has 0 unspecified atom stereocenters. The van der Waals surface area contributed by atoms with E-state index in [0.29, 0.717) is 25.5 Å². The first kappa shape index (κ1) is 17.4. The summed E-state index contributed by atoms with van der Waals surface area (Å²) < 4.78 is 34.6. The number of hydrogen-bond donors (Lipinski definition) is 0. The molecule has 0 aromatic carbocycles. The molecule has 0 aliphatic carbocycles. The lowest BCUT2D eigenvalue weighted by Crippen LogP contribution is -2.38. The Morgan fingerprint density at radius 1 is 0.824 bits per heavy atom. The summed E-state index contributed by atoms with van der Waals surface area (Å²) in [6.45, 7) is 7.87. The van der Waals surface area contributed by atoms with Gasteiger partial charge in [0.15, 0.2) is 0 Å². The van der Waals surface area contributed by atoms with Crippen LogP contribution in [-0.4, -0.2) is 66.4 Å². The van der Waals surface area contributed by atoms with Gasteiger partial charge in [-0.3, -0.25) is 0 Å². The molecule has 0 saturated heterocycles. The molecule has 0 bridgehead atoms. The topological polar surface area (TPSA) is 52.6 Å². The zero-order valence-electron chi connectivity index (χ0n) is 11.9. The van der Waals surface area contributed by atoms with Gasteiger partial charge in [-0.2, -0.15) is 0 Å². The van der Waals surface area contributed by atoms with Crippen LogP contribution in [0.25, 0.3) is 0 Å². The highest BCUT2D eigenvalue weighted by Crippen LogP contribution is 2.50. The van der Waals surface area contributed by atoms with Crippen LogP contribution >= 0.6 is 14.3 Å². The van der Waals surface area contributed by atoms with E-state index >= 15 is 0 Å². The van der Waals surface area contributed by atoms with Crippen molar-refractivity contribution in [1.29, 1.82) is 0 Å². The van der Waals surface area contributed by atoms with Gasteiger partial charge in [-0.05, 0) is 26.7 Å². The van der Waals surface area contributed by atoms with Crippen molar-refractivity contribution in [2.24, 2.45) is 5.41 Å². The molecule has 17 heavy (non-hydrogen) atoms. The van der Waals surface area contributed by atoms with Crippen molar-refractivity contribution in [3.63, 3.8) is 0 Å². The molecule has 0 aromatic heterocycles. The van der Waals surface area contributed by atoms with E-state index in [1.165, 1.54) is 0 Å². The summed E-state index contributed by atoms with van der Waals surface area (Å²) in [5.41, 5.74) is -0.401. The monoisotopic (exact) mass is 284 g/mol. The highest BCUT2D eigenvalue weighted by molar-refractivity contribution is 7.63. The van der Waals surface area contributed by atoms with Crippen LogP contribution in [0.4, 0.5) is 0 Å². The average molecular weight is 284 g/mol. The quantitative estimate of drug-likeness (QED) is 0.643. The van der Waals surface area contributed by atoms with Crippen molar-refractivity contribution in [3.05, 3.63) is 0 Å².